The van der Waals surface area contributed by atoms with E-state index in [9.17, 15) is 26.4 Å². The molecule has 0 aliphatic carbocycles. The topological polar surface area (TPSA) is 184 Å². The minimum Gasteiger partial charge on any atom is -0.313 e. The van der Waals surface area contributed by atoms with E-state index in [1.54, 1.807) is 4.98 Å². The van der Waals surface area contributed by atoms with Gasteiger partial charge >= 0.3 is 5.69 Å². The number of aromatic nitrogens is 4. The van der Waals surface area contributed by atoms with Gasteiger partial charge in [-0.05, 0) is 30.3 Å². The van der Waals surface area contributed by atoms with Crippen LogP contribution in [0.2, 0.25) is 0 Å². The van der Waals surface area contributed by atoms with Crippen LogP contribution in [-0.4, -0.2) is 36.8 Å². The Morgan fingerprint density at radius 2 is 1.50 bits per heavy atom. The van der Waals surface area contributed by atoms with Crippen molar-refractivity contribution in [3.8, 4) is 0 Å². The number of hydrogen-bond acceptors (Lipinski definition) is 8. The second-order valence-corrected chi connectivity index (χ2v) is 8.58. The fraction of sp³-hybridized carbons (Fsp3) is 0. The van der Waals surface area contributed by atoms with Gasteiger partial charge in [0.1, 0.15) is 0 Å². The van der Waals surface area contributed by atoms with Gasteiger partial charge in [-0.1, -0.05) is 0 Å². The summed E-state index contributed by atoms with van der Waals surface area (Å²) in [5.41, 5.74) is -1.95. The molecule has 0 radical (unpaired) electrons. The van der Waals surface area contributed by atoms with E-state index >= 15 is 0 Å². The Morgan fingerprint density at radius 3 is 2.11 bits per heavy atom. The maximum absolute atomic E-state index is 12.3. The molecule has 0 spiro atoms. The van der Waals surface area contributed by atoms with Crippen molar-refractivity contribution in [1.29, 1.82) is 0 Å². The van der Waals surface area contributed by atoms with Crippen LogP contribution >= 0.6 is 0 Å². The van der Waals surface area contributed by atoms with Crippen molar-refractivity contribution in [3.63, 3.8) is 0 Å². The number of rotatable bonds is 6. The highest BCUT2D eigenvalue weighted by Crippen LogP contribution is 2.18. The lowest BCUT2D eigenvalue weighted by molar-refractivity contribution is 0.598. The summed E-state index contributed by atoms with van der Waals surface area (Å²) in [5.74, 6) is -0.121. The van der Waals surface area contributed by atoms with Crippen molar-refractivity contribution in [2.45, 2.75) is 9.79 Å². The normalized spacial score (nSPS) is 11.7. The molecule has 0 unspecified atom stereocenters. The van der Waals surface area contributed by atoms with E-state index in [-0.39, 0.29) is 16.5 Å². The molecule has 14 heteroatoms. The van der Waals surface area contributed by atoms with Crippen LogP contribution in [-0.2, 0) is 20.0 Å². The number of sulfonamides is 2. The molecule has 0 aliphatic rings. The van der Waals surface area contributed by atoms with Gasteiger partial charge < -0.3 is 4.98 Å². The summed E-state index contributed by atoms with van der Waals surface area (Å²) in [6.07, 6.45) is 3.48. The van der Waals surface area contributed by atoms with Crippen LogP contribution in [0.5, 0.6) is 0 Å². The van der Waals surface area contributed by atoms with Gasteiger partial charge in [0, 0.05) is 24.3 Å². The molecule has 12 nitrogen and oxygen atoms in total. The molecule has 0 bridgehead atoms. The van der Waals surface area contributed by atoms with Gasteiger partial charge in [0.2, 0.25) is 5.95 Å². The molecule has 0 atom stereocenters. The Bertz CT molecular complexity index is 1310. The molecule has 0 saturated carbocycles. The quantitative estimate of drug-likeness (QED) is 0.406. The van der Waals surface area contributed by atoms with Crippen molar-refractivity contribution in [2.24, 2.45) is 0 Å². The zero-order valence-electron chi connectivity index (χ0n) is 13.8. The summed E-state index contributed by atoms with van der Waals surface area (Å²) in [6.45, 7) is 0. The van der Waals surface area contributed by atoms with Crippen LogP contribution in [0.3, 0.4) is 0 Å². The van der Waals surface area contributed by atoms with E-state index in [1.165, 1.54) is 30.6 Å². The van der Waals surface area contributed by atoms with E-state index < -0.39 is 36.2 Å². The molecule has 3 rings (SSSR count). The van der Waals surface area contributed by atoms with Crippen LogP contribution in [0.4, 0.5) is 11.6 Å². The van der Waals surface area contributed by atoms with Crippen LogP contribution in [0.15, 0.2) is 68.3 Å². The van der Waals surface area contributed by atoms with Gasteiger partial charge in [0.15, 0.2) is 4.90 Å². The Morgan fingerprint density at radius 1 is 0.857 bits per heavy atom. The molecule has 0 fully saturated rings. The number of nitrogens with zero attached hydrogens (tertiary/aromatic N) is 2. The molecule has 0 saturated heterocycles. The number of aromatic amines is 2. The number of nitrogens with one attached hydrogen (secondary N) is 4. The third kappa shape index (κ3) is 4.24. The van der Waals surface area contributed by atoms with E-state index in [0.29, 0.717) is 0 Å². The second-order valence-electron chi connectivity index (χ2n) is 5.24. The largest absolute Gasteiger partial charge is 0.325 e. The van der Waals surface area contributed by atoms with Gasteiger partial charge in [0.05, 0.1) is 4.90 Å². The predicted molar refractivity (Wildman–Crippen MR) is 97.8 cm³/mol. The highest BCUT2D eigenvalue weighted by atomic mass is 32.2. The average molecular weight is 424 g/mol. The van der Waals surface area contributed by atoms with Gasteiger partial charge in [-0.25, -0.2) is 36.3 Å². The molecule has 1 aromatic carbocycles. The molecule has 146 valence electrons. The van der Waals surface area contributed by atoms with Crippen molar-refractivity contribution >= 4 is 31.7 Å². The first-order chi connectivity index (χ1) is 13.2. The lowest BCUT2D eigenvalue weighted by Crippen LogP contribution is -2.29. The lowest BCUT2D eigenvalue weighted by atomic mass is 10.3. The van der Waals surface area contributed by atoms with Gasteiger partial charge in [-0.15, -0.1) is 0 Å². The van der Waals surface area contributed by atoms with Crippen LogP contribution in [0, 0.1) is 0 Å². The molecule has 2 heterocycles. The Balaban J connectivity index is 1.82. The summed E-state index contributed by atoms with van der Waals surface area (Å²) >= 11 is 0. The molecule has 2 aromatic heterocycles. The predicted octanol–water partition coefficient (Wildman–Crippen LogP) is -0.545. The molecule has 28 heavy (non-hydrogen) atoms. The van der Waals surface area contributed by atoms with E-state index in [4.69, 9.17) is 0 Å². The SMILES string of the molecule is O=c1[nH]cc(S(=O)(=O)Nc2ccc(S(=O)(=O)Nc3ncccn3)cc2)c(=O)[nH]1. The number of H-pyrrole nitrogens is 2. The van der Waals surface area contributed by atoms with Crippen molar-refractivity contribution in [2.75, 3.05) is 9.44 Å². The maximum atomic E-state index is 12.3. The Kier molecular flexibility index (Phi) is 4.98. The first-order valence-electron chi connectivity index (χ1n) is 7.42. The van der Waals surface area contributed by atoms with Gasteiger partial charge in [-0.3, -0.25) is 14.5 Å². The number of hydrogen-bond donors (Lipinski definition) is 4. The smallest absolute Gasteiger partial charge is 0.313 e. The summed E-state index contributed by atoms with van der Waals surface area (Å²) < 4.78 is 53.4. The second kappa shape index (κ2) is 7.24. The van der Waals surface area contributed by atoms with Crippen molar-refractivity contribution < 1.29 is 16.8 Å². The van der Waals surface area contributed by atoms with Crippen molar-refractivity contribution in [3.05, 3.63) is 69.8 Å². The number of benzene rings is 1. The molecular formula is C14H12N6O6S2. The average Bonchev–Trinajstić information content (AvgIpc) is 2.62. The molecule has 3 aromatic rings. The lowest BCUT2D eigenvalue weighted by Gasteiger charge is -2.09. The van der Waals surface area contributed by atoms with Gasteiger partial charge in [0.25, 0.3) is 25.6 Å². The standard InChI is InChI=1S/C14H12N6O6S2/c21-12-11(8-17-14(22)18-12)28(25,26)19-9-2-4-10(5-3-9)27(23,24)20-13-15-6-1-7-16-13/h1-8,19H,(H,15,16,20)(H2,17,18,21,22). The minimum absolute atomic E-state index is 0.000473. The molecular weight excluding hydrogens is 412 g/mol. The summed E-state index contributed by atoms with van der Waals surface area (Å²) in [7, 11) is -8.29. The van der Waals surface area contributed by atoms with E-state index in [2.05, 4.69) is 24.4 Å². The fourth-order valence-corrected chi connectivity index (χ4v) is 4.06. The zero-order chi connectivity index (χ0) is 20.4. The third-order valence-corrected chi connectivity index (χ3v) is 6.01. The van der Waals surface area contributed by atoms with Crippen LogP contribution in [0.25, 0.3) is 0 Å². The summed E-state index contributed by atoms with van der Waals surface area (Å²) in [4.78, 5) is 33.1. The van der Waals surface area contributed by atoms with E-state index in [0.717, 1.165) is 18.3 Å². The van der Waals surface area contributed by atoms with Crippen LogP contribution < -0.4 is 20.7 Å². The molecule has 0 aliphatic heterocycles. The summed E-state index contributed by atoms with van der Waals surface area (Å²) in [5, 5.41) is 0. The van der Waals surface area contributed by atoms with Crippen molar-refractivity contribution in [1.82, 2.24) is 19.9 Å². The minimum atomic E-state index is -4.31. The van der Waals surface area contributed by atoms with Crippen LogP contribution in [0.1, 0.15) is 0 Å². The monoisotopic (exact) mass is 424 g/mol. The Hall–Kier alpha value is -3.52. The first-order valence-corrected chi connectivity index (χ1v) is 10.4. The number of anilines is 2. The highest BCUT2D eigenvalue weighted by molar-refractivity contribution is 7.93. The first kappa shape index (κ1) is 19.2. The fourth-order valence-electron chi connectivity index (χ4n) is 2.04. The third-order valence-electron chi connectivity index (χ3n) is 3.28. The zero-order valence-corrected chi connectivity index (χ0v) is 15.4. The van der Waals surface area contributed by atoms with Gasteiger partial charge in [-0.2, -0.15) is 0 Å². The maximum Gasteiger partial charge on any atom is 0.325 e. The Labute approximate surface area is 157 Å². The summed E-state index contributed by atoms with van der Waals surface area (Å²) in [6, 6.07) is 6.21. The highest BCUT2D eigenvalue weighted by Gasteiger charge is 2.20. The molecule has 0 amide bonds. The van der Waals surface area contributed by atoms with E-state index in [1.807, 2.05) is 0 Å². The molecule has 4 N–H and O–H groups in total.